The van der Waals surface area contributed by atoms with Crippen LogP contribution in [0.2, 0.25) is 0 Å². The van der Waals surface area contributed by atoms with E-state index in [1.54, 1.807) is 0 Å². The number of amides is 1. The molecule has 2 aromatic carbocycles. The van der Waals surface area contributed by atoms with Crippen molar-refractivity contribution in [3.8, 4) is 5.75 Å². The standard InChI is InChI=1S/C17H15F3N2O4S/c18-17(19,20)26-14-7-9-15(10-8-14)27(24,25)22-13-3-1-11(2-4-13)16(23)21-12-5-6-12/h1-4,7-10,12,22H,5-6H2,(H,21,23). The SMILES string of the molecule is O=C(NC1CC1)c1ccc(NS(=O)(=O)c2ccc(OC(F)(F)F)cc2)cc1. The van der Waals surface area contributed by atoms with Gasteiger partial charge in [0.25, 0.3) is 15.9 Å². The second-order valence-corrected chi connectivity index (χ2v) is 7.63. The van der Waals surface area contributed by atoms with Gasteiger partial charge >= 0.3 is 6.36 Å². The maximum absolute atomic E-state index is 12.3. The molecule has 1 aliphatic carbocycles. The molecular formula is C17H15F3N2O4S. The lowest BCUT2D eigenvalue weighted by molar-refractivity contribution is -0.274. The maximum atomic E-state index is 12.3. The van der Waals surface area contributed by atoms with Crippen molar-refractivity contribution in [2.24, 2.45) is 0 Å². The number of benzene rings is 2. The molecular weight excluding hydrogens is 385 g/mol. The summed E-state index contributed by atoms with van der Waals surface area (Å²) in [5.41, 5.74) is 0.618. The van der Waals surface area contributed by atoms with Gasteiger partial charge in [-0.2, -0.15) is 0 Å². The van der Waals surface area contributed by atoms with Crippen LogP contribution < -0.4 is 14.8 Å². The van der Waals surface area contributed by atoms with Gasteiger partial charge in [-0.3, -0.25) is 9.52 Å². The smallest absolute Gasteiger partial charge is 0.406 e. The van der Waals surface area contributed by atoms with Gasteiger partial charge in [-0.1, -0.05) is 0 Å². The van der Waals surface area contributed by atoms with Crippen LogP contribution >= 0.6 is 0 Å². The summed E-state index contributed by atoms with van der Waals surface area (Å²) in [6, 6.07) is 9.86. The molecule has 0 heterocycles. The molecule has 0 saturated heterocycles. The average Bonchev–Trinajstić information content (AvgIpc) is 3.38. The van der Waals surface area contributed by atoms with E-state index in [2.05, 4.69) is 14.8 Å². The second-order valence-electron chi connectivity index (χ2n) is 5.95. The molecule has 10 heteroatoms. The summed E-state index contributed by atoms with van der Waals surface area (Å²) < 4.78 is 67.1. The molecule has 0 unspecified atom stereocenters. The fourth-order valence-electron chi connectivity index (χ4n) is 2.22. The number of sulfonamides is 1. The molecule has 1 aliphatic rings. The summed E-state index contributed by atoms with van der Waals surface area (Å²) >= 11 is 0. The van der Waals surface area contributed by atoms with Gasteiger partial charge in [-0.15, -0.1) is 13.2 Å². The fraction of sp³-hybridized carbons (Fsp3) is 0.235. The number of alkyl halides is 3. The van der Waals surface area contributed by atoms with Crippen LogP contribution in [0.25, 0.3) is 0 Å². The number of anilines is 1. The fourth-order valence-corrected chi connectivity index (χ4v) is 3.28. The van der Waals surface area contributed by atoms with Crippen molar-refractivity contribution in [3.05, 3.63) is 54.1 Å². The topological polar surface area (TPSA) is 84.5 Å². The molecule has 0 spiro atoms. The second kappa shape index (κ2) is 7.10. The zero-order valence-corrected chi connectivity index (χ0v) is 14.6. The summed E-state index contributed by atoms with van der Waals surface area (Å²) in [5, 5.41) is 2.82. The largest absolute Gasteiger partial charge is 0.573 e. The van der Waals surface area contributed by atoms with E-state index in [9.17, 15) is 26.4 Å². The van der Waals surface area contributed by atoms with Crippen molar-refractivity contribution in [1.29, 1.82) is 0 Å². The minimum Gasteiger partial charge on any atom is -0.406 e. The van der Waals surface area contributed by atoms with Crippen LogP contribution in [0.1, 0.15) is 23.2 Å². The van der Waals surface area contributed by atoms with Crippen molar-refractivity contribution >= 4 is 21.6 Å². The zero-order chi connectivity index (χ0) is 19.7. The molecule has 2 aromatic rings. The van der Waals surface area contributed by atoms with Gasteiger partial charge < -0.3 is 10.1 Å². The highest BCUT2D eigenvalue weighted by Gasteiger charge is 2.31. The summed E-state index contributed by atoms with van der Waals surface area (Å²) in [6.07, 6.45) is -2.95. The first-order valence-corrected chi connectivity index (χ1v) is 9.40. The minimum atomic E-state index is -4.85. The van der Waals surface area contributed by atoms with Crippen LogP contribution in [0.4, 0.5) is 18.9 Å². The lowest BCUT2D eigenvalue weighted by Crippen LogP contribution is -2.25. The Morgan fingerprint density at radius 2 is 1.59 bits per heavy atom. The minimum absolute atomic E-state index is 0.208. The number of hydrogen-bond acceptors (Lipinski definition) is 4. The van der Waals surface area contributed by atoms with Crippen molar-refractivity contribution in [1.82, 2.24) is 5.32 Å². The third kappa shape index (κ3) is 5.36. The van der Waals surface area contributed by atoms with Gasteiger partial charge in [-0.25, -0.2) is 8.42 Å². The van der Waals surface area contributed by atoms with E-state index in [1.807, 2.05) is 0 Å². The number of carbonyl (C=O) groups excluding carboxylic acids is 1. The lowest BCUT2D eigenvalue weighted by atomic mass is 10.2. The Balaban J connectivity index is 1.67. The first-order chi connectivity index (χ1) is 12.6. The van der Waals surface area contributed by atoms with Crippen molar-refractivity contribution in [2.45, 2.75) is 30.1 Å². The van der Waals surface area contributed by atoms with E-state index >= 15 is 0 Å². The molecule has 144 valence electrons. The van der Waals surface area contributed by atoms with E-state index in [1.165, 1.54) is 24.3 Å². The van der Waals surface area contributed by atoms with Crippen LogP contribution in [0.5, 0.6) is 5.75 Å². The molecule has 0 bridgehead atoms. The predicted molar refractivity (Wildman–Crippen MR) is 90.9 cm³/mol. The normalized spacial score (nSPS) is 14.5. The monoisotopic (exact) mass is 400 g/mol. The van der Waals surface area contributed by atoms with Crippen LogP contribution in [0, 0.1) is 0 Å². The van der Waals surface area contributed by atoms with Crippen LogP contribution in [0.3, 0.4) is 0 Å². The van der Waals surface area contributed by atoms with E-state index in [-0.39, 0.29) is 22.5 Å². The van der Waals surface area contributed by atoms with Gasteiger partial charge in [0.1, 0.15) is 5.75 Å². The maximum Gasteiger partial charge on any atom is 0.573 e. The number of hydrogen-bond donors (Lipinski definition) is 2. The Hall–Kier alpha value is -2.75. The number of rotatable bonds is 6. The highest BCUT2D eigenvalue weighted by Crippen LogP contribution is 2.25. The number of nitrogens with one attached hydrogen (secondary N) is 2. The predicted octanol–water partition coefficient (Wildman–Crippen LogP) is 3.28. The molecule has 0 aromatic heterocycles. The molecule has 6 nitrogen and oxygen atoms in total. The average molecular weight is 400 g/mol. The van der Waals surface area contributed by atoms with Crippen molar-refractivity contribution < 1.29 is 31.1 Å². The molecule has 1 fully saturated rings. The van der Waals surface area contributed by atoms with Crippen LogP contribution in [-0.4, -0.2) is 26.7 Å². The highest BCUT2D eigenvalue weighted by atomic mass is 32.2. The quantitative estimate of drug-likeness (QED) is 0.780. The Morgan fingerprint density at radius 3 is 2.11 bits per heavy atom. The lowest BCUT2D eigenvalue weighted by Gasteiger charge is -2.11. The molecule has 0 aliphatic heterocycles. The molecule has 2 N–H and O–H groups in total. The molecule has 3 rings (SSSR count). The first-order valence-electron chi connectivity index (χ1n) is 7.92. The molecule has 1 amide bonds. The molecule has 27 heavy (non-hydrogen) atoms. The van der Waals surface area contributed by atoms with Gasteiger partial charge in [0, 0.05) is 17.3 Å². The molecule has 0 atom stereocenters. The Morgan fingerprint density at radius 1 is 1.00 bits per heavy atom. The Kier molecular flexibility index (Phi) is 5.01. The first kappa shape index (κ1) is 19.0. The van der Waals surface area contributed by atoms with E-state index in [0.29, 0.717) is 5.56 Å². The third-order valence-corrected chi connectivity index (χ3v) is 5.08. The summed E-state index contributed by atoms with van der Waals surface area (Å²) in [4.78, 5) is 11.7. The highest BCUT2D eigenvalue weighted by molar-refractivity contribution is 7.92. The van der Waals surface area contributed by atoms with Gasteiger partial charge in [0.15, 0.2) is 0 Å². The number of halogens is 3. The molecule has 0 radical (unpaired) electrons. The van der Waals surface area contributed by atoms with Crippen LogP contribution in [-0.2, 0) is 10.0 Å². The number of carbonyl (C=O) groups is 1. The van der Waals surface area contributed by atoms with E-state index in [0.717, 1.165) is 37.1 Å². The van der Waals surface area contributed by atoms with Crippen molar-refractivity contribution in [3.63, 3.8) is 0 Å². The van der Waals surface area contributed by atoms with E-state index < -0.39 is 22.1 Å². The van der Waals surface area contributed by atoms with E-state index in [4.69, 9.17) is 0 Å². The molecule has 1 saturated carbocycles. The van der Waals surface area contributed by atoms with Crippen molar-refractivity contribution in [2.75, 3.05) is 4.72 Å². The third-order valence-electron chi connectivity index (χ3n) is 3.68. The number of ether oxygens (including phenoxy) is 1. The summed E-state index contributed by atoms with van der Waals surface area (Å²) in [5.74, 6) is -0.750. The Labute approximate surface area is 153 Å². The Bertz CT molecular complexity index is 922. The van der Waals surface area contributed by atoms with Gasteiger partial charge in [0.05, 0.1) is 4.90 Å². The van der Waals surface area contributed by atoms with Crippen LogP contribution in [0.15, 0.2) is 53.4 Å². The van der Waals surface area contributed by atoms with Gasteiger partial charge in [-0.05, 0) is 61.4 Å². The summed E-state index contributed by atoms with van der Waals surface area (Å²) in [7, 11) is -4.00. The summed E-state index contributed by atoms with van der Waals surface area (Å²) in [6.45, 7) is 0. The van der Waals surface area contributed by atoms with Gasteiger partial charge in [0.2, 0.25) is 0 Å². The zero-order valence-electron chi connectivity index (χ0n) is 13.8.